The highest BCUT2D eigenvalue weighted by atomic mass is 35.5. The van der Waals surface area contributed by atoms with E-state index in [1.165, 1.54) is 12.6 Å². The lowest BCUT2D eigenvalue weighted by Gasteiger charge is -2.08. The van der Waals surface area contributed by atoms with Crippen LogP contribution in [0, 0.1) is 0 Å². The van der Waals surface area contributed by atoms with Gasteiger partial charge < -0.3 is 4.74 Å². The summed E-state index contributed by atoms with van der Waals surface area (Å²) >= 11 is 12.6. The minimum atomic E-state index is -0.203. The van der Waals surface area contributed by atoms with Crippen molar-refractivity contribution in [3.63, 3.8) is 0 Å². The lowest BCUT2D eigenvalue weighted by atomic mass is 10.3. The van der Waals surface area contributed by atoms with Crippen molar-refractivity contribution >= 4 is 40.9 Å². The molecule has 13 heavy (non-hydrogen) atoms. The molecule has 0 aromatic rings. The Balaban J connectivity index is 3.63. The number of carbonyl (C=O) groups is 1. The molecule has 0 N–H and O–H groups in total. The van der Waals surface area contributed by atoms with Gasteiger partial charge in [0.15, 0.2) is 0 Å². The van der Waals surface area contributed by atoms with Crippen molar-refractivity contribution in [2.24, 2.45) is 0 Å². The molecule has 0 saturated carbocycles. The van der Waals surface area contributed by atoms with Crippen LogP contribution in [0.4, 0.5) is 0 Å². The number of carbonyl (C=O) groups excluding carboxylic acids is 1. The van der Waals surface area contributed by atoms with Crippen LogP contribution in [0.5, 0.6) is 0 Å². The Bertz CT molecular complexity index is 195. The molecule has 0 bridgehead atoms. The van der Waals surface area contributed by atoms with Gasteiger partial charge in [-0.05, 0) is 0 Å². The molecule has 1 unspecified atom stereocenters. The van der Waals surface area contributed by atoms with Crippen LogP contribution in [-0.4, -0.2) is 24.1 Å². The second kappa shape index (κ2) is 7.54. The molecule has 0 saturated heterocycles. The standard InChI is InChI=1S/C8H12Cl2O2S/c1-6(3-8(11)12-2)13-5-7(10)4-9/h4,6H,3,5H2,1-2H3. The molecule has 0 aliphatic rings. The minimum Gasteiger partial charge on any atom is -0.469 e. The van der Waals surface area contributed by atoms with Gasteiger partial charge in [-0.2, -0.15) is 11.8 Å². The molecule has 0 aromatic heterocycles. The third-order valence-corrected chi connectivity index (χ3v) is 3.30. The van der Waals surface area contributed by atoms with Crippen LogP contribution in [-0.2, 0) is 9.53 Å². The number of methoxy groups -OCH3 is 1. The largest absolute Gasteiger partial charge is 0.469 e. The van der Waals surface area contributed by atoms with Crippen molar-refractivity contribution in [2.45, 2.75) is 18.6 Å². The van der Waals surface area contributed by atoms with Crippen molar-refractivity contribution in [1.82, 2.24) is 0 Å². The fraction of sp³-hybridized carbons (Fsp3) is 0.625. The molecule has 0 aliphatic heterocycles. The molecule has 0 aliphatic carbocycles. The van der Waals surface area contributed by atoms with E-state index in [9.17, 15) is 4.79 Å². The molecule has 0 fully saturated rings. The van der Waals surface area contributed by atoms with Crippen LogP contribution in [0.2, 0.25) is 0 Å². The first-order valence-electron chi connectivity index (χ1n) is 3.73. The summed E-state index contributed by atoms with van der Waals surface area (Å²) in [7, 11) is 1.38. The quantitative estimate of drug-likeness (QED) is 0.694. The first-order valence-corrected chi connectivity index (χ1v) is 5.59. The molecule has 76 valence electrons. The van der Waals surface area contributed by atoms with Crippen molar-refractivity contribution in [3.05, 3.63) is 10.6 Å². The van der Waals surface area contributed by atoms with E-state index in [0.717, 1.165) is 0 Å². The summed E-state index contributed by atoms with van der Waals surface area (Å²) in [5, 5.41) is 0.779. The number of ether oxygens (including phenoxy) is 1. The Morgan fingerprint density at radius 1 is 1.69 bits per heavy atom. The highest BCUT2D eigenvalue weighted by Crippen LogP contribution is 2.19. The monoisotopic (exact) mass is 242 g/mol. The Morgan fingerprint density at radius 3 is 2.77 bits per heavy atom. The van der Waals surface area contributed by atoms with E-state index in [4.69, 9.17) is 23.2 Å². The van der Waals surface area contributed by atoms with E-state index in [1.54, 1.807) is 11.8 Å². The van der Waals surface area contributed by atoms with Gasteiger partial charge in [0.25, 0.3) is 0 Å². The van der Waals surface area contributed by atoms with Gasteiger partial charge in [-0.25, -0.2) is 0 Å². The van der Waals surface area contributed by atoms with Gasteiger partial charge in [0.05, 0.1) is 13.5 Å². The Morgan fingerprint density at radius 2 is 2.31 bits per heavy atom. The zero-order valence-corrected chi connectivity index (χ0v) is 9.88. The second-order valence-corrected chi connectivity index (χ2v) is 4.59. The van der Waals surface area contributed by atoms with Gasteiger partial charge >= 0.3 is 5.97 Å². The molecule has 0 heterocycles. The fourth-order valence-corrected chi connectivity index (χ4v) is 1.77. The van der Waals surface area contributed by atoms with Crippen LogP contribution in [0.3, 0.4) is 0 Å². The third-order valence-electron chi connectivity index (χ3n) is 1.31. The highest BCUT2D eigenvalue weighted by molar-refractivity contribution is 8.00. The second-order valence-electron chi connectivity index (χ2n) is 2.46. The molecule has 2 nitrogen and oxygen atoms in total. The number of rotatable bonds is 5. The summed E-state index contributed by atoms with van der Waals surface area (Å²) in [4.78, 5) is 10.8. The van der Waals surface area contributed by atoms with E-state index >= 15 is 0 Å². The van der Waals surface area contributed by atoms with E-state index in [1.807, 2.05) is 6.92 Å². The minimum absolute atomic E-state index is 0.192. The SMILES string of the molecule is COC(=O)CC(C)SCC(Cl)=CCl. The molecule has 0 aromatic carbocycles. The molecule has 0 rings (SSSR count). The molecule has 0 amide bonds. The summed E-state index contributed by atoms with van der Waals surface area (Å²) < 4.78 is 4.53. The zero-order valence-electron chi connectivity index (χ0n) is 7.55. The van der Waals surface area contributed by atoms with E-state index < -0.39 is 0 Å². The smallest absolute Gasteiger partial charge is 0.306 e. The maximum atomic E-state index is 10.8. The molecule has 0 radical (unpaired) electrons. The van der Waals surface area contributed by atoms with Gasteiger partial charge in [-0.1, -0.05) is 30.1 Å². The first kappa shape index (κ1) is 13.1. The van der Waals surface area contributed by atoms with Crippen LogP contribution >= 0.6 is 35.0 Å². The normalized spacial score (nSPS) is 14.0. The summed E-state index contributed by atoms with van der Waals surface area (Å²) in [5.41, 5.74) is 1.33. The number of hydrogen-bond donors (Lipinski definition) is 0. The van der Waals surface area contributed by atoms with E-state index in [-0.39, 0.29) is 11.2 Å². The van der Waals surface area contributed by atoms with Gasteiger partial charge in [0.1, 0.15) is 0 Å². The van der Waals surface area contributed by atoms with Crippen LogP contribution in [0.15, 0.2) is 10.6 Å². The lowest BCUT2D eigenvalue weighted by Crippen LogP contribution is -2.09. The average molecular weight is 243 g/mol. The summed E-state index contributed by atoms with van der Waals surface area (Å²) in [6, 6.07) is 0. The number of thioether (sulfide) groups is 1. The van der Waals surface area contributed by atoms with Gasteiger partial charge in [0, 0.05) is 21.6 Å². The summed E-state index contributed by atoms with van der Waals surface area (Å²) in [5.74, 6) is 0.425. The Hall–Kier alpha value is 0.140. The average Bonchev–Trinajstić information content (AvgIpc) is 2.13. The molecule has 1 atom stereocenters. The van der Waals surface area contributed by atoms with Gasteiger partial charge in [-0.15, -0.1) is 0 Å². The summed E-state index contributed by atoms with van der Waals surface area (Å²) in [6.45, 7) is 1.94. The maximum Gasteiger partial charge on any atom is 0.306 e. The van der Waals surface area contributed by atoms with Crippen LogP contribution < -0.4 is 0 Å². The predicted molar refractivity (Wildman–Crippen MR) is 58.3 cm³/mol. The Kier molecular flexibility index (Phi) is 7.62. The first-order chi connectivity index (χ1) is 6.10. The number of esters is 1. The number of hydrogen-bond acceptors (Lipinski definition) is 3. The Labute approximate surface area is 92.6 Å². The maximum absolute atomic E-state index is 10.8. The topological polar surface area (TPSA) is 26.3 Å². The van der Waals surface area contributed by atoms with Crippen molar-refractivity contribution < 1.29 is 9.53 Å². The van der Waals surface area contributed by atoms with Gasteiger partial charge in [-0.3, -0.25) is 4.79 Å². The molecule has 0 spiro atoms. The highest BCUT2D eigenvalue weighted by Gasteiger charge is 2.09. The summed E-state index contributed by atoms with van der Waals surface area (Å²) in [6.07, 6.45) is 0.396. The van der Waals surface area contributed by atoms with Crippen molar-refractivity contribution in [1.29, 1.82) is 0 Å². The van der Waals surface area contributed by atoms with E-state index in [2.05, 4.69) is 4.74 Å². The molecular formula is C8H12Cl2O2S. The third kappa shape index (κ3) is 7.23. The number of halogens is 2. The lowest BCUT2D eigenvalue weighted by molar-refractivity contribution is -0.140. The van der Waals surface area contributed by atoms with Crippen LogP contribution in [0.25, 0.3) is 0 Å². The molecular weight excluding hydrogens is 231 g/mol. The fourth-order valence-electron chi connectivity index (χ4n) is 0.630. The zero-order chi connectivity index (χ0) is 10.3. The van der Waals surface area contributed by atoms with Gasteiger partial charge in [0.2, 0.25) is 0 Å². The van der Waals surface area contributed by atoms with E-state index in [0.29, 0.717) is 17.2 Å². The van der Waals surface area contributed by atoms with Crippen LogP contribution in [0.1, 0.15) is 13.3 Å². The van der Waals surface area contributed by atoms with Crippen molar-refractivity contribution in [2.75, 3.05) is 12.9 Å². The predicted octanol–water partition coefficient (Wildman–Crippen LogP) is 2.99. The molecule has 5 heteroatoms. The van der Waals surface area contributed by atoms with Crippen molar-refractivity contribution in [3.8, 4) is 0 Å².